The van der Waals surface area contributed by atoms with Gasteiger partial charge in [-0.1, -0.05) is 12.1 Å². The number of nitrogens with one attached hydrogen (secondary N) is 2. The molecular formula is C14H24N4O3S. The van der Waals surface area contributed by atoms with Crippen molar-refractivity contribution in [3.63, 3.8) is 0 Å². The molecule has 0 saturated heterocycles. The summed E-state index contributed by atoms with van der Waals surface area (Å²) in [5.41, 5.74) is 2.07. The van der Waals surface area contributed by atoms with Crippen molar-refractivity contribution in [1.29, 1.82) is 0 Å². The molecule has 0 amide bonds. The fourth-order valence-corrected chi connectivity index (χ4v) is 2.19. The molecule has 8 heteroatoms. The van der Waals surface area contributed by atoms with Crippen LogP contribution in [0.4, 0.5) is 0 Å². The Labute approximate surface area is 132 Å². The number of ether oxygens (including phenoxy) is 1. The van der Waals surface area contributed by atoms with E-state index in [0.717, 1.165) is 16.9 Å². The molecule has 124 valence electrons. The van der Waals surface area contributed by atoms with Gasteiger partial charge in [-0.15, -0.1) is 0 Å². The molecule has 0 aliphatic heterocycles. The van der Waals surface area contributed by atoms with Gasteiger partial charge in [0.1, 0.15) is 5.75 Å². The molecule has 0 fully saturated rings. The quantitative estimate of drug-likeness (QED) is 0.495. The predicted octanol–water partition coefficient (Wildman–Crippen LogP) is 0.347. The van der Waals surface area contributed by atoms with Crippen LogP contribution in [0, 0.1) is 6.92 Å². The summed E-state index contributed by atoms with van der Waals surface area (Å²) in [6.45, 7) is 5.23. The number of nitrogens with zero attached hydrogens (tertiary/aromatic N) is 1. The monoisotopic (exact) mass is 328 g/mol. The Kier molecular flexibility index (Phi) is 7.13. The van der Waals surface area contributed by atoms with Crippen LogP contribution < -0.4 is 20.5 Å². The highest BCUT2D eigenvalue weighted by Crippen LogP contribution is 2.20. The summed E-state index contributed by atoms with van der Waals surface area (Å²) >= 11 is 0. The first kappa shape index (κ1) is 18.2. The Bertz CT molecular complexity index is 615. The van der Waals surface area contributed by atoms with E-state index in [4.69, 9.17) is 9.88 Å². The minimum absolute atomic E-state index is 0.148. The second-order valence-corrected chi connectivity index (χ2v) is 6.54. The lowest BCUT2D eigenvalue weighted by atomic mass is 10.1. The summed E-state index contributed by atoms with van der Waals surface area (Å²) in [6, 6.07) is 5.91. The number of hydrogen-bond donors (Lipinski definition) is 3. The molecule has 0 radical (unpaired) electrons. The zero-order valence-electron chi connectivity index (χ0n) is 13.2. The highest BCUT2D eigenvalue weighted by molar-refractivity contribution is 7.89. The van der Waals surface area contributed by atoms with Crippen molar-refractivity contribution in [3.05, 3.63) is 29.3 Å². The minimum Gasteiger partial charge on any atom is -0.496 e. The average Bonchev–Trinajstić information content (AvgIpc) is 2.44. The molecule has 7 nitrogen and oxygen atoms in total. The lowest BCUT2D eigenvalue weighted by molar-refractivity contribution is 0.409. The molecule has 0 heterocycles. The number of guanidine groups is 1. The molecule has 22 heavy (non-hydrogen) atoms. The summed E-state index contributed by atoms with van der Waals surface area (Å²) in [5.74, 6) is 1.17. The largest absolute Gasteiger partial charge is 0.496 e. The van der Waals surface area contributed by atoms with Crippen LogP contribution in [0.2, 0.25) is 0 Å². The Balaban J connectivity index is 2.73. The van der Waals surface area contributed by atoms with Gasteiger partial charge >= 0.3 is 0 Å². The fraction of sp³-hybridized carbons (Fsp3) is 0.500. The summed E-state index contributed by atoms with van der Waals surface area (Å²) in [6.07, 6.45) is 0. The zero-order chi connectivity index (χ0) is 16.6. The Morgan fingerprint density at radius 2 is 2.09 bits per heavy atom. The van der Waals surface area contributed by atoms with Crippen molar-refractivity contribution >= 4 is 16.0 Å². The Hall–Kier alpha value is -1.80. The van der Waals surface area contributed by atoms with Crippen molar-refractivity contribution in [2.75, 3.05) is 26.0 Å². The zero-order valence-corrected chi connectivity index (χ0v) is 14.0. The molecule has 1 aromatic rings. The molecule has 0 spiro atoms. The standard InChI is InChI=1S/C14H24N4O3S/c1-4-16-14(17-7-8-22(15,19)20)18-10-12-6-5-11(2)9-13(12)21-3/h5-6,9H,4,7-8,10H2,1-3H3,(H2,15,19,20)(H2,16,17,18). The van der Waals surface area contributed by atoms with Crippen molar-refractivity contribution in [2.45, 2.75) is 20.4 Å². The van der Waals surface area contributed by atoms with Crippen LogP contribution in [-0.4, -0.2) is 40.3 Å². The van der Waals surface area contributed by atoms with Crippen LogP contribution in [0.25, 0.3) is 0 Å². The number of benzene rings is 1. The van der Waals surface area contributed by atoms with Crippen LogP contribution in [0.3, 0.4) is 0 Å². The summed E-state index contributed by atoms with van der Waals surface area (Å²) in [7, 11) is -1.86. The molecule has 0 atom stereocenters. The topological polar surface area (TPSA) is 106 Å². The number of aliphatic imine (C=N–C) groups is 1. The number of hydrogen-bond acceptors (Lipinski definition) is 4. The maximum atomic E-state index is 10.9. The van der Waals surface area contributed by atoms with E-state index in [1.165, 1.54) is 0 Å². The van der Waals surface area contributed by atoms with Gasteiger partial charge in [-0.05, 0) is 25.5 Å². The van der Waals surface area contributed by atoms with E-state index in [0.29, 0.717) is 19.0 Å². The molecule has 4 N–H and O–H groups in total. The maximum absolute atomic E-state index is 10.9. The van der Waals surface area contributed by atoms with Gasteiger partial charge in [0.15, 0.2) is 5.96 Å². The normalized spacial score (nSPS) is 12.1. The lowest BCUT2D eigenvalue weighted by Gasteiger charge is -2.12. The van der Waals surface area contributed by atoms with Crippen molar-refractivity contribution in [3.8, 4) is 5.75 Å². The van der Waals surface area contributed by atoms with Gasteiger partial charge in [-0.3, -0.25) is 0 Å². The third-order valence-electron chi connectivity index (χ3n) is 2.87. The van der Waals surface area contributed by atoms with E-state index in [-0.39, 0.29) is 12.3 Å². The average molecular weight is 328 g/mol. The first-order valence-corrected chi connectivity index (χ1v) is 8.73. The highest BCUT2D eigenvalue weighted by atomic mass is 32.2. The number of nitrogens with two attached hydrogens (primary N) is 1. The lowest BCUT2D eigenvalue weighted by Crippen LogP contribution is -2.40. The van der Waals surface area contributed by atoms with Gasteiger partial charge in [0.25, 0.3) is 0 Å². The summed E-state index contributed by atoms with van der Waals surface area (Å²) in [4.78, 5) is 4.42. The molecule has 1 rings (SSSR count). The summed E-state index contributed by atoms with van der Waals surface area (Å²) in [5, 5.41) is 11.0. The smallest absolute Gasteiger partial charge is 0.210 e. The Morgan fingerprint density at radius 3 is 2.68 bits per heavy atom. The van der Waals surface area contributed by atoms with Gasteiger partial charge in [0.05, 0.1) is 19.4 Å². The minimum atomic E-state index is -3.48. The number of primary sulfonamides is 1. The van der Waals surface area contributed by atoms with Gasteiger partial charge in [0, 0.05) is 18.7 Å². The van der Waals surface area contributed by atoms with E-state index >= 15 is 0 Å². The number of aryl methyl sites for hydroxylation is 1. The van der Waals surface area contributed by atoms with E-state index in [1.807, 2.05) is 32.0 Å². The van der Waals surface area contributed by atoms with Crippen LogP contribution >= 0.6 is 0 Å². The van der Waals surface area contributed by atoms with Gasteiger partial charge in [0.2, 0.25) is 10.0 Å². The molecule has 0 aliphatic rings. The first-order chi connectivity index (χ1) is 10.4. The summed E-state index contributed by atoms with van der Waals surface area (Å²) < 4.78 is 27.2. The molecule has 0 aliphatic carbocycles. The maximum Gasteiger partial charge on any atom is 0.210 e. The number of methoxy groups -OCH3 is 1. The Morgan fingerprint density at radius 1 is 1.36 bits per heavy atom. The molecular weight excluding hydrogens is 304 g/mol. The van der Waals surface area contributed by atoms with E-state index < -0.39 is 10.0 Å². The van der Waals surface area contributed by atoms with Crippen LogP contribution in [0.1, 0.15) is 18.1 Å². The highest BCUT2D eigenvalue weighted by Gasteiger charge is 2.05. The third-order valence-corrected chi connectivity index (χ3v) is 3.65. The van der Waals surface area contributed by atoms with Crippen LogP contribution in [0.15, 0.2) is 23.2 Å². The van der Waals surface area contributed by atoms with Crippen molar-refractivity contribution in [1.82, 2.24) is 10.6 Å². The van der Waals surface area contributed by atoms with Crippen LogP contribution in [0.5, 0.6) is 5.75 Å². The van der Waals surface area contributed by atoms with Crippen molar-refractivity contribution < 1.29 is 13.2 Å². The number of rotatable bonds is 7. The van der Waals surface area contributed by atoms with Crippen molar-refractivity contribution in [2.24, 2.45) is 10.1 Å². The third kappa shape index (κ3) is 6.77. The van der Waals surface area contributed by atoms with Gasteiger partial charge in [-0.25, -0.2) is 18.5 Å². The molecule has 0 unspecified atom stereocenters. The molecule has 0 saturated carbocycles. The first-order valence-electron chi connectivity index (χ1n) is 7.02. The van der Waals surface area contributed by atoms with E-state index in [2.05, 4.69) is 15.6 Å². The van der Waals surface area contributed by atoms with Gasteiger partial charge in [-0.2, -0.15) is 0 Å². The second kappa shape index (κ2) is 8.60. The molecule has 0 bridgehead atoms. The van der Waals surface area contributed by atoms with E-state index in [9.17, 15) is 8.42 Å². The number of sulfonamides is 1. The SMILES string of the molecule is CCNC(=NCc1ccc(C)cc1OC)NCCS(N)(=O)=O. The molecule has 1 aromatic carbocycles. The van der Waals surface area contributed by atoms with Gasteiger partial charge < -0.3 is 15.4 Å². The second-order valence-electron chi connectivity index (χ2n) is 4.80. The van der Waals surface area contributed by atoms with E-state index in [1.54, 1.807) is 7.11 Å². The predicted molar refractivity (Wildman–Crippen MR) is 88.5 cm³/mol. The molecule has 0 aromatic heterocycles. The fourth-order valence-electron chi connectivity index (χ4n) is 1.80. The van der Waals surface area contributed by atoms with Crippen LogP contribution in [-0.2, 0) is 16.6 Å².